The Morgan fingerprint density at radius 3 is 2.36 bits per heavy atom. The maximum absolute atomic E-state index is 5.35. The summed E-state index contributed by atoms with van der Waals surface area (Å²) in [6.45, 7) is 5.11. The number of guanidine groups is 1. The molecule has 2 N–H and O–H groups in total. The van der Waals surface area contributed by atoms with Crippen molar-refractivity contribution < 1.29 is 9.47 Å². The fourth-order valence-electron chi connectivity index (χ4n) is 2.64. The first kappa shape index (κ1) is 23.9. The van der Waals surface area contributed by atoms with Crippen LogP contribution in [0.4, 0.5) is 5.69 Å². The number of benzene rings is 2. The molecule has 0 bridgehead atoms. The SMILES string of the molecule is CCNC(=NCc1ccc(OC)c(OC)c1)NCCN(C)c1ccccc1.I. The predicted octanol–water partition coefficient (Wildman–Crippen LogP) is 3.51. The van der Waals surface area contributed by atoms with Gasteiger partial charge in [-0.3, -0.25) is 0 Å². The maximum atomic E-state index is 5.35. The summed E-state index contributed by atoms with van der Waals surface area (Å²) in [5.74, 6) is 2.24. The highest BCUT2D eigenvalue weighted by Crippen LogP contribution is 2.27. The first-order valence-corrected chi connectivity index (χ1v) is 9.17. The third-order valence-corrected chi connectivity index (χ3v) is 4.15. The van der Waals surface area contributed by atoms with Gasteiger partial charge in [0.15, 0.2) is 17.5 Å². The number of rotatable bonds is 9. The van der Waals surface area contributed by atoms with Crippen molar-refractivity contribution in [3.05, 3.63) is 54.1 Å². The normalized spacial score (nSPS) is 10.6. The van der Waals surface area contributed by atoms with E-state index in [4.69, 9.17) is 9.47 Å². The van der Waals surface area contributed by atoms with Crippen molar-refractivity contribution in [3.8, 4) is 11.5 Å². The molecule has 6 nitrogen and oxygen atoms in total. The standard InChI is InChI=1S/C21H30N4O2.HI/c1-5-22-21(23-13-14-25(2)18-9-7-6-8-10-18)24-16-17-11-12-19(26-3)20(15-17)27-4;/h6-12,15H,5,13-14,16H2,1-4H3,(H2,22,23,24);1H. The summed E-state index contributed by atoms with van der Waals surface area (Å²) in [7, 11) is 5.36. The minimum absolute atomic E-state index is 0. The number of aliphatic imine (C=N–C) groups is 1. The molecular weight excluding hydrogens is 467 g/mol. The van der Waals surface area contributed by atoms with Crippen LogP contribution < -0.4 is 25.0 Å². The molecule has 7 heteroatoms. The summed E-state index contributed by atoms with van der Waals surface area (Å²) in [5, 5.41) is 6.67. The van der Waals surface area contributed by atoms with Crippen molar-refractivity contribution in [1.82, 2.24) is 10.6 Å². The second-order valence-corrected chi connectivity index (χ2v) is 6.07. The number of nitrogens with one attached hydrogen (secondary N) is 2. The molecule has 0 heterocycles. The summed E-state index contributed by atoms with van der Waals surface area (Å²) in [5.41, 5.74) is 2.26. The van der Waals surface area contributed by atoms with Gasteiger partial charge in [-0.1, -0.05) is 24.3 Å². The Bertz CT molecular complexity index is 726. The summed E-state index contributed by atoms with van der Waals surface area (Å²) in [4.78, 5) is 6.88. The second kappa shape index (κ2) is 13.1. The Morgan fingerprint density at radius 2 is 1.71 bits per heavy atom. The molecule has 0 fully saturated rings. The molecule has 0 unspecified atom stereocenters. The molecule has 0 amide bonds. The number of likely N-dealkylation sites (N-methyl/N-ethyl adjacent to an activating group) is 1. The predicted molar refractivity (Wildman–Crippen MR) is 127 cm³/mol. The van der Waals surface area contributed by atoms with E-state index in [1.54, 1.807) is 14.2 Å². The van der Waals surface area contributed by atoms with Gasteiger partial charge in [-0.05, 0) is 36.8 Å². The van der Waals surface area contributed by atoms with Crippen LogP contribution in [0.3, 0.4) is 0 Å². The Hall–Kier alpha value is -2.16. The average molecular weight is 498 g/mol. The molecule has 0 aromatic heterocycles. The van der Waals surface area contributed by atoms with Crippen molar-refractivity contribution in [2.75, 3.05) is 45.8 Å². The lowest BCUT2D eigenvalue weighted by molar-refractivity contribution is 0.354. The monoisotopic (exact) mass is 498 g/mol. The number of nitrogens with zero attached hydrogens (tertiary/aromatic N) is 2. The summed E-state index contributed by atoms with van der Waals surface area (Å²) >= 11 is 0. The van der Waals surface area contributed by atoms with Gasteiger partial charge in [0.1, 0.15) is 0 Å². The van der Waals surface area contributed by atoms with Gasteiger partial charge >= 0.3 is 0 Å². The van der Waals surface area contributed by atoms with Gasteiger partial charge in [0.05, 0.1) is 20.8 Å². The zero-order valence-corrected chi connectivity index (χ0v) is 19.4. The van der Waals surface area contributed by atoms with Crippen LogP contribution in [-0.2, 0) is 6.54 Å². The minimum Gasteiger partial charge on any atom is -0.493 e. The van der Waals surface area contributed by atoms with Gasteiger partial charge < -0.3 is 25.0 Å². The molecule has 154 valence electrons. The van der Waals surface area contributed by atoms with E-state index in [0.717, 1.165) is 36.9 Å². The fourth-order valence-corrected chi connectivity index (χ4v) is 2.64. The van der Waals surface area contributed by atoms with E-state index in [2.05, 4.69) is 46.6 Å². The number of hydrogen-bond donors (Lipinski definition) is 2. The number of para-hydroxylation sites is 1. The Morgan fingerprint density at radius 1 is 1.00 bits per heavy atom. The number of hydrogen-bond acceptors (Lipinski definition) is 4. The Kier molecular flexibility index (Phi) is 11.2. The first-order valence-electron chi connectivity index (χ1n) is 9.17. The third kappa shape index (κ3) is 7.46. The number of ether oxygens (including phenoxy) is 2. The zero-order valence-electron chi connectivity index (χ0n) is 17.1. The van der Waals surface area contributed by atoms with Crippen LogP contribution in [0.2, 0.25) is 0 Å². The molecule has 0 saturated carbocycles. The largest absolute Gasteiger partial charge is 0.493 e. The van der Waals surface area contributed by atoms with Gasteiger partial charge in [0, 0.05) is 32.4 Å². The van der Waals surface area contributed by atoms with Crippen LogP contribution in [-0.4, -0.2) is 46.9 Å². The molecule has 0 aliphatic heterocycles. The molecule has 0 atom stereocenters. The molecule has 0 spiro atoms. The topological polar surface area (TPSA) is 58.1 Å². The highest BCUT2D eigenvalue weighted by molar-refractivity contribution is 14.0. The molecular formula is C21H31IN4O2. The van der Waals surface area contributed by atoms with Gasteiger partial charge in [0.2, 0.25) is 0 Å². The van der Waals surface area contributed by atoms with E-state index < -0.39 is 0 Å². The minimum atomic E-state index is 0. The summed E-state index contributed by atoms with van der Waals surface area (Å²) < 4.78 is 10.6. The average Bonchev–Trinajstić information content (AvgIpc) is 2.72. The van der Waals surface area contributed by atoms with Crippen LogP contribution in [0.15, 0.2) is 53.5 Å². The molecule has 2 rings (SSSR count). The van der Waals surface area contributed by atoms with E-state index in [-0.39, 0.29) is 24.0 Å². The highest BCUT2D eigenvalue weighted by atomic mass is 127. The Labute approximate surface area is 185 Å². The van der Waals surface area contributed by atoms with Crippen LogP contribution in [0.5, 0.6) is 11.5 Å². The molecule has 0 radical (unpaired) electrons. The molecule has 0 aliphatic carbocycles. The van der Waals surface area contributed by atoms with Gasteiger partial charge in [-0.2, -0.15) is 0 Å². The quantitative estimate of drug-likeness (QED) is 0.315. The van der Waals surface area contributed by atoms with Crippen molar-refractivity contribution in [2.45, 2.75) is 13.5 Å². The van der Waals surface area contributed by atoms with Crippen molar-refractivity contribution in [3.63, 3.8) is 0 Å². The van der Waals surface area contributed by atoms with E-state index in [1.807, 2.05) is 36.4 Å². The van der Waals surface area contributed by atoms with Crippen LogP contribution in [0.25, 0.3) is 0 Å². The molecule has 2 aromatic carbocycles. The lowest BCUT2D eigenvalue weighted by Gasteiger charge is -2.20. The van der Waals surface area contributed by atoms with Crippen LogP contribution in [0.1, 0.15) is 12.5 Å². The van der Waals surface area contributed by atoms with Gasteiger partial charge in [-0.15, -0.1) is 24.0 Å². The maximum Gasteiger partial charge on any atom is 0.191 e. The highest BCUT2D eigenvalue weighted by Gasteiger charge is 2.05. The molecule has 2 aromatic rings. The molecule has 0 saturated heterocycles. The van der Waals surface area contributed by atoms with Crippen molar-refractivity contribution in [1.29, 1.82) is 0 Å². The fraction of sp³-hybridized carbons (Fsp3) is 0.381. The van der Waals surface area contributed by atoms with Gasteiger partial charge in [0.25, 0.3) is 0 Å². The zero-order chi connectivity index (χ0) is 19.5. The van der Waals surface area contributed by atoms with E-state index in [1.165, 1.54) is 5.69 Å². The van der Waals surface area contributed by atoms with Crippen LogP contribution in [0, 0.1) is 0 Å². The summed E-state index contributed by atoms with van der Waals surface area (Å²) in [6.07, 6.45) is 0. The number of halogens is 1. The smallest absolute Gasteiger partial charge is 0.191 e. The van der Waals surface area contributed by atoms with E-state index in [0.29, 0.717) is 12.3 Å². The number of methoxy groups -OCH3 is 2. The van der Waals surface area contributed by atoms with E-state index in [9.17, 15) is 0 Å². The molecule has 28 heavy (non-hydrogen) atoms. The van der Waals surface area contributed by atoms with E-state index >= 15 is 0 Å². The van der Waals surface area contributed by atoms with Crippen molar-refractivity contribution >= 4 is 35.6 Å². The lowest BCUT2D eigenvalue weighted by atomic mass is 10.2. The number of anilines is 1. The Balaban J connectivity index is 0.00000392. The van der Waals surface area contributed by atoms with Crippen molar-refractivity contribution in [2.24, 2.45) is 4.99 Å². The summed E-state index contributed by atoms with van der Waals surface area (Å²) in [6, 6.07) is 16.2. The first-order chi connectivity index (χ1) is 13.2. The lowest BCUT2D eigenvalue weighted by Crippen LogP contribution is -2.41. The van der Waals surface area contributed by atoms with Gasteiger partial charge in [-0.25, -0.2) is 4.99 Å². The van der Waals surface area contributed by atoms with Crippen LogP contribution >= 0.6 is 24.0 Å². The third-order valence-electron chi connectivity index (χ3n) is 4.15. The second-order valence-electron chi connectivity index (χ2n) is 6.07. The molecule has 0 aliphatic rings.